The molecule has 6 heteroatoms. The highest BCUT2D eigenvalue weighted by atomic mass is 79.9. The molecule has 110 valence electrons. The Morgan fingerprint density at radius 3 is 2.71 bits per heavy atom. The number of hydrogen-bond donors (Lipinski definition) is 1. The van der Waals surface area contributed by atoms with Crippen LogP contribution in [0.1, 0.15) is 37.3 Å². The predicted molar refractivity (Wildman–Crippen MR) is 88.7 cm³/mol. The van der Waals surface area contributed by atoms with E-state index in [-0.39, 0.29) is 5.82 Å². The van der Waals surface area contributed by atoms with E-state index in [2.05, 4.69) is 25.9 Å². The summed E-state index contributed by atoms with van der Waals surface area (Å²) in [5, 5.41) is 0.327. The van der Waals surface area contributed by atoms with E-state index in [1.54, 1.807) is 6.07 Å². The van der Waals surface area contributed by atoms with Crippen molar-refractivity contribution in [2.24, 2.45) is 0 Å². The van der Waals surface area contributed by atoms with Crippen LogP contribution in [0.25, 0.3) is 11.4 Å². The summed E-state index contributed by atoms with van der Waals surface area (Å²) in [5.74, 6) is 0.688. The van der Waals surface area contributed by atoms with E-state index in [1.165, 1.54) is 25.0 Å². The maximum absolute atomic E-state index is 13.2. The molecule has 0 atom stereocenters. The van der Waals surface area contributed by atoms with Crippen molar-refractivity contribution < 1.29 is 4.39 Å². The lowest BCUT2D eigenvalue weighted by molar-refractivity contribution is 0.628. The molecule has 1 N–H and O–H groups in total. The van der Waals surface area contributed by atoms with Gasteiger partial charge in [0, 0.05) is 17.2 Å². The van der Waals surface area contributed by atoms with Crippen molar-refractivity contribution in [3.8, 4) is 11.4 Å². The van der Waals surface area contributed by atoms with Crippen LogP contribution in [0.4, 0.5) is 4.39 Å². The second-order valence-corrected chi connectivity index (χ2v) is 6.81. The van der Waals surface area contributed by atoms with Crippen molar-refractivity contribution >= 4 is 39.7 Å². The molecule has 1 aromatic carbocycles. The van der Waals surface area contributed by atoms with Crippen molar-refractivity contribution in [2.45, 2.75) is 31.6 Å². The second-order valence-electron chi connectivity index (χ2n) is 5.22. The Kier molecular flexibility index (Phi) is 4.43. The zero-order valence-corrected chi connectivity index (χ0v) is 14.3. The summed E-state index contributed by atoms with van der Waals surface area (Å²) in [7, 11) is 0. The van der Waals surface area contributed by atoms with Gasteiger partial charge in [-0.3, -0.25) is 0 Å². The number of aromatic amines is 1. The monoisotopic (exact) mass is 386 g/mol. The van der Waals surface area contributed by atoms with E-state index in [4.69, 9.17) is 23.8 Å². The molecule has 0 spiro atoms. The highest BCUT2D eigenvalue weighted by Gasteiger charge is 2.22. The Morgan fingerprint density at radius 2 is 2.05 bits per heavy atom. The van der Waals surface area contributed by atoms with E-state index in [1.807, 2.05) is 0 Å². The van der Waals surface area contributed by atoms with Crippen molar-refractivity contribution in [2.75, 3.05) is 0 Å². The molecule has 1 fully saturated rings. The number of nitrogens with zero attached hydrogens (tertiary/aromatic N) is 1. The summed E-state index contributed by atoms with van der Waals surface area (Å²) < 4.78 is 14.5. The van der Waals surface area contributed by atoms with Crippen LogP contribution in [0.15, 0.2) is 22.7 Å². The molecule has 1 aliphatic rings. The molecule has 1 aromatic heterocycles. The number of hydrogen-bond acceptors (Lipinski definition) is 2. The molecule has 2 aromatic rings. The van der Waals surface area contributed by atoms with E-state index in [9.17, 15) is 4.39 Å². The normalized spacial score (nSPS) is 15.6. The summed E-state index contributed by atoms with van der Waals surface area (Å²) in [4.78, 5) is 7.71. The topological polar surface area (TPSA) is 28.7 Å². The van der Waals surface area contributed by atoms with Gasteiger partial charge in [0.1, 0.15) is 16.3 Å². The molecule has 1 saturated carbocycles. The van der Waals surface area contributed by atoms with Crippen LogP contribution in [-0.2, 0) is 0 Å². The zero-order valence-electron chi connectivity index (χ0n) is 11.1. The first-order valence-corrected chi connectivity index (χ1v) is 8.39. The van der Waals surface area contributed by atoms with Gasteiger partial charge in [-0.15, -0.1) is 0 Å². The molecule has 0 bridgehead atoms. The first-order valence-electron chi connectivity index (χ1n) is 6.81. The lowest BCUT2D eigenvalue weighted by atomic mass is 10.0. The maximum atomic E-state index is 13.2. The van der Waals surface area contributed by atoms with Gasteiger partial charge in [0.2, 0.25) is 0 Å². The van der Waals surface area contributed by atoms with E-state index >= 15 is 0 Å². The lowest BCUT2D eigenvalue weighted by Crippen LogP contribution is -2.03. The van der Waals surface area contributed by atoms with Crippen LogP contribution in [0.2, 0.25) is 5.02 Å². The lowest BCUT2D eigenvalue weighted by Gasteiger charge is -2.14. The second kappa shape index (κ2) is 6.15. The average molecular weight is 388 g/mol. The summed E-state index contributed by atoms with van der Waals surface area (Å²) in [6.45, 7) is 0. The van der Waals surface area contributed by atoms with E-state index < -0.39 is 0 Å². The van der Waals surface area contributed by atoms with Gasteiger partial charge in [-0.05, 0) is 47.0 Å². The molecule has 0 saturated heterocycles. The Hall–Kier alpha value is -0.780. The molecule has 2 nitrogen and oxygen atoms in total. The highest BCUT2D eigenvalue weighted by Crippen LogP contribution is 2.38. The summed E-state index contributed by atoms with van der Waals surface area (Å²) in [6.07, 6.45) is 4.74. The fraction of sp³-hybridized carbons (Fsp3) is 0.333. The molecule has 21 heavy (non-hydrogen) atoms. The van der Waals surface area contributed by atoms with Gasteiger partial charge in [-0.25, -0.2) is 9.37 Å². The number of nitrogens with one attached hydrogen (secondary N) is 1. The van der Waals surface area contributed by atoms with Crippen LogP contribution >= 0.6 is 39.7 Å². The number of benzene rings is 1. The number of rotatable bonds is 2. The molecule has 0 amide bonds. The Balaban J connectivity index is 2.13. The largest absolute Gasteiger partial charge is 0.342 e. The molecule has 0 aliphatic heterocycles. The van der Waals surface area contributed by atoms with Gasteiger partial charge in [0.25, 0.3) is 0 Å². The standard InChI is InChI=1S/C15H13BrClFN2S/c16-12-13(8-3-1-2-4-8)19-14(20-15(12)21)10-6-5-9(18)7-11(10)17/h5-8H,1-4H2,(H,19,20,21). The third-order valence-corrected chi connectivity index (χ3v) is 5.51. The minimum absolute atomic E-state index is 0.327. The van der Waals surface area contributed by atoms with Crippen LogP contribution in [0.5, 0.6) is 0 Å². The minimum Gasteiger partial charge on any atom is -0.342 e. The Labute approximate surface area is 140 Å². The number of aromatic nitrogens is 2. The van der Waals surface area contributed by atoms with Gasteiger partial charge < -0.3 is 4.98 Å². The first kappa shape index (κ1) is 15.1. The SMILES string of the molecule is Fc1ccc(-c2nc(=S)c(Br)c(C3CCCC3)[nH]2)c(Cl)c1. The highest BCUT2D eigenvalue weighted by molar-refractivity contribution is 9.10. The fourth-order valence-electron chi connectivity index (χ4n) is 2.78. The molecule has 1 aliphatic carbocycles. The minimum atomic E-state index is -0.365. The fourth-order valence-corrected chi connectivity index (χ4v) is 3.75. The van der Waals surface area contributed by atoms with Crippen LogP contribution in [-0.4, -0.2) is 9.97 Å². The van der Waals surface area contributed by atoms with Crippen LogP contribution in [0, 0.1) is 10.5 Å². The van der Waals surface area contributed by atoms with Crippen molar-refractivity contribution in [1.29, 1.82) is 0 Å². The molecule has 0 unspecified atom stereocenters. The maximum Gasteiger partial charge on any atom is 0.144 e. The molecule has 1 heterocycles. The van der Waals surface area contributed by atoms with Crippen molar-refractivity contribution in [1.82, 2.24) is 9.97 Å². The van der Waals surface area contributed by atoms with Gasteiger partial charge >= 0.3 is 0 Å². The van der Waals surface area contributed by atoms with Gasteiger partial charge in [0.15, 0.2) is 0 Å². The molecular formula is C15H13BrClFN2S. The Bertz CT molecular complexity index is 741. The summed E-state index contributed by atoms with van der Waals surface area (Å²) in [5.41, 5.74) is 1.74. The third-order valence-electron chi connectivity index (χ3n) is 3.84. The number of halogens is 3. The van der Waals surface area contributed by atoms with Crippen molar-refractivity contribution in [3.05, 3.63) is 43.8 Å². The van der Waals surface area contributed by atoms with E-state index in [0.29, 0.717) is 27.0 Å². The van der Waals surface area contributed by atoms with Gasteiger partial charge in [-0.1, -0.05) is 36.7 Å². The van der Waals surface area contributed by atoms with E-state index in [0.717, 1.165) is 23.0 Å². The quantitative estimate of drug-likeness (QED) is 0.638. The Morgan fingerprint density at radius 1 is 1.33 bits per heavy atom. The van der Waals surface area contributed by atoms with Crippen LogP contribution < -0.4 is 0 Å². The molecule has 3 rings (SSSR count). The summed E-state index contributed by atoms with van der Waals surface area (Å²) >= 11 is 15.0. The zero-order chi connectivity index (χ0) is 15.0. The number of H-pyrrole nitrogens is 1. The predicted octanol–water partition coefficient (Wildman–Crippen LogP) is 6.02. The molecule has 0 radical (unpaired) electrons. The van der Waals surface area contributed by atoms with Crippen molar-refractivity contribution in [3.63, 3.8) is 0 Å². The van der Waals surface area contributed by atoms with Crippen LogP contribution in [0.3, 0.4) is 0 Å². The molecular weight excluding hydrogens is 375 g/mol. The average Bonchev–Trinajstić information content (AvgIpc) is 2.96. The van der Waals surface area contributed by atoms with Gasteiger partial charge in [-0.2, -0.15) is 0 Å². The summed E-state index contributed by atoms with van der Waals surface area (Å²) in [6, 6.07) is 4.28. The van der Waals surface area contributed by atoms with Gasteiger partial charge in [0.05, 0.1) is 9.50 Å². The first-order chi connectivity index (χ1) is 10.1. The smallest absolute Gasteiger partial charge is 0.144 e. The third kappa shape index (κ3) is 3.05.